The van der Waals surface area contributed by atoms with E-state index in [1.165, 1.54) is 0 Å². The molecule has 2 aromatic heterocycles. The number of anilines is 2. The van der Waals surface area contributed by atoms with Gasteiger partial charge in [-0.2, -0.15) is 0 Å². The van der Waals surface area contributed by atoms with Gasteiger partial charge in [-0.3, -0.25) is 38.4 Å². The van der Waals surface area contributed by atoms with Crippen LogP contribution >= 0.6 is 0 Å². The first-order valence-electron chi connectivity index (χ1n) is 44.3. The van der Waals surface area contributed by atoms with Crippen molar-refractivity contribution in [2.75, 3.05) is 116 Å². The largest absolute Gasteiger partial charge is 0.481 e. The number of amides is 8. The van der Waals surface area contributed by atoms with Gasteiger partial charge in [-0.1, -0.05) is 182 Å². The van der Waals surface area contributed by atoms with Crippen molar-refractivity contribution in [3.63, 3.8) is 0 Å². The second kappa shape index (κ2) is 56.0. The van der Waals surface area contributed by atoms with Crippen molar-refractivity contribution >= 4 is 92.7 Å². The van der Waals surface area contributed by atoms with Crippen LogP contribution in [0.2, 0.25) is 0 Å². The molecule has 10 rings (SSSR count). The normalized spacial score (nSPS) is 12.0. The summed E-state index contributed by atoms with van der Waals surface area (Å²) in [6.07, 6.45) is 3.76. The molecule has 32 nitrogen and oxygen atoms in total. The summed E-state index contributed by atoms with van der Waals surface area (Å²) < 4.78 is 44.5. The summed E-state index contributed by atoms with van der Waals surface area (Å²) in [6, 6.07) is 61.0. The van der Waals surface area contributed by atoms with E-state index in [4.69, 9.17) is 37.9 Å². The van der Waals surface area contributed by atoms with Gasteiger partial charge in [-0.05, 0) is 152 Å². The fraction of sp³-hybridized carbons (Fsp3) is 0.360. The molecular formula is C100H118N12O20. The lowest BCUT2D eigenvalue weighted by molar-refractivity contribution is -0.139. The topological polar surface area (TPSA) is 431 Å². The summed E-state index contributed by atoms with van der Waals surface area (Å²) in [7, 11) is 0. The van der Waals surface area contributed by atoms with Crippen molar-refractivity contribution < 1.29 is 96.1 Å². The van der Waals surface area contributed by atoms with Gasteiger partial charge >= 0.3 is 24.1 Å². The fourth-order valence-corrected chi connectivity index (χ4v) is 14.0. The molecule has 0 spiro atoms. The van der Waals surface area contributed by atoms with Crippen molar-refractivity contribution in [1.82, 2.24) is 52.5 Å². The Morgan fingerprint density at radius 3 is 1.11 bits per heavy atom. The number of aliphatic carboxylic acids is 2. The number of carbonyl (C=O) groups excluding carboxylic acids is 8. The molecule has 4 unspecified atom stereocenters. The molecule has 32 heteroatoms. The number of aryl methyl sites for hydroxylation is 2. The highest BCUT2D eigenvalue weighted by Crippen LogP contribution is 2.33. The number of carbonyl (C=O) groups is 10. The number of carboxylic acid groups (broad SMARTS) is 2. The van der Waals surface area contributed by atoms with Crippen LogP contribution in [0.3, 0.4) is 0 Å². The Balaban J connectivity index is 0.511. The molecular weight excluding hydrogens is 1690 g/mol. The maximum atomic E-state index is 14.1. The van der Waals surface area contributed by atoms with Crippen LogP contribution < -0.4 is 53.2 Å². The molecule has 10 aromatic rings. The molecule has 4 atom stereocenters. The van der Waals surface area contributed by atoms with Gasteiger partial charge in [0.1, 0.15) is 36.9 Å². The Hall–Kier alpha value is -13.8. The van der Waals surface area contributed by atoms with Crippen molar-refractivity contribution in [3.05, 3.63) is 263 Å². The summed E-state index contributed by atoms with van der Waals surface area (Å²) in [5.74, 6) is -3.31. The van der Waals surface area contributed by atoms with E-state index in [1.807, 2.05) is 196 Å². The number of unbranched alkanes of at least 4 members (excludes halogenated alkanes) is 1. The predicted molar refractivity (Wildman–Crippen MR) is 499 cm³/mol. The lowest BCUT2D eigenvalue weighted by Crippen LogP contribution is -2.50. The minimum atomic E-state index is -1.16. The fourth-order valence-electron chi connectivity index (χ4n) is 14.0. The Bertz CT molecular complexity index is 5000. The van der Waals surface area contributed by atoms with E-state index in [0.29, 0.717) is 74.6 Å². The number of benzene rings is 8. The van der Waals surface area contributed by atoms with Crippen molar-refractivity contribution in [2.45, 2.75) is 129 Å². The molecule has 0 bridgehead atoms. The van der Waals surface area contributed by atoms with E-state index < -0.39 is 72.9 Å². The number of carboxylic acids is 2. The van der Waals surface area contributed by atoms with Crippen LogP contribution in [0.15, 0.2) is 219 Å². The number of nitrogens with zero attached hydrogens (tertiary/aromatic N) is 2. The maximum absolute atomic E-state index is 14.1. The predicted octanol–water partition coefficient (Wildman–Crippen LogP) is 12.2. The number of rotatable bonds is 59. The molecule has 698 valence electrons. The molecule has 8 aromatic carbocycles. The first-order valence-corrected chi connectivity index (χ1v) is 44.3. The van der Waals surface area contributed by atoms with Crippen LogP contribution in [-0.4, -0.2) is 197 Å². The van der Waals surface area contributed by atoms with Crippen LogP contribution in [-0.2, 0) is 103 Å². The standard InChI is InChI=1S/C100H118N12O20/c1-69-39-47-103-89(59-69)101-45-11-21-93(115)109-87(97(121)111-85(61-95(117)118)79-35-31-77(32-36-79)83-19-9-15-75-13-3-5-17-81(75)83)67-129-65-73-27-23-71(24-28-73)63-107-91(113)41-49-125-51-53-127-55-57-131-99(123)105-43-7-8-44-106-100(124)132-58-56-128-54-52-126-50-42-92(114)108-64-72-25-29-74(30-26-72)66-130-68-88(110-94(116)22-12-46-102-90-60-70(2)40-48-104-90)98(122)112-86(62-96(119)120)80-37-33-78(34-38-80)84-20-10-16-76-14-4-6-18-82(76)84/h3-6,9-10,13-20,23-40,47-48,59-60,85-88H,7-8,11-12,21-22,41-46,49-58,61-68H2,1-2H3,(H,101,103)(H,102,104)(H,105,123)(H,106,124)(H,107,113)(H,108,114)(H,109,115)(H,110,116)(H,111,121)(H,112,122)(H,117,118)(H,119,120). The number of nitrogens with one attached hydrogen (secondary N) is 10. The number of pyridine rings is 2. The number of fused-ring (bicyclic) bond motifs is 2. The summed E-state index contributed by atoms with van der Waals surface area (Å²) in [5.41, 5.74) is 10.3. The first kappa shape index (κ1) is 100. The zero-order valence-electron chi connectivity index (χ0n) is 74.4. The highest BCUT2D eigenvalue weighted by molar-refractivity contribution is 5.98. The van der Waals surface area contributed by atoms with Crippen LogP contribution in [0.1, 0.15) is 121 Å². The number of ether oxygens (including phenoxy) is 8. The van der Waals surface area contributed by atoms with Gasteiger partial charge < -0.3 is 101 Å². The second-order valence-corrected chi connectivity index (χ2v) is 31.4. The van der Waals surface area contributed by atoms with E-state index in [-0.39, 0.29) is 155 Å². The van der Waals surface area contributed by atoms with Crippen molar-refractivity contribution in [1.29, 1.82) is 0 Å². The minimum absolute atomic E-state index is 0.00783. The minimum Gasteiger partial charge on any atom is -0.481 e. The van der Waals surface area contributed by atoms with Gasteiger partial charge in [0.05, 0.1) is 104 Å². The van der Waals surface area contributed by atoms with Crippen LogP contribution in [0.4, 0.5) is 21.2 Å². The van der Waals surface area contributed by atoms with E-state index >= 15 is 0 Å². The van der Waals surface area contributed by atoms with E-state index in [1.54, 1.807) is 36.7 Å². The smallest absolute Gasteiger partial charge is 0.407 e. The van der Waals surface area contributed by atoms with Crippen molar-refractivity contribution in [3.8, 4) is 22.3 Å². The zero-order valence-corrected chi connectivity index (χ0v) is 74.4. The van der Waals surface area contributed by atoms with E-state index in [2.05, 4.69) is 63.1 Å². The lowest BCUT2D eigenvalue weighted by Gasteiger charge is -2.23. The van der Waals surface area contributed by atoms with E-state index in [9.17, 15) is 58.2 Å². The Morgan fingerprint density at radius 2 is 0.720 bits per heavy atom. The van der Waals surface area contributed by atoms with E-state index in [0.717, 1.165) is 77.2 Å². The molecule has 0 aliphatic heterocycles. The summed E-state index contributed by atoms with van der Waals surface area (Å²) in [5, 5.41) is 53.0. The molecule has 0 aliphatic rings. The van der Waals surface area contributed by atoms with Crippen molar-refractivity contribution in [2.24, 2.45) is 0 Å². The zero-order chi connectivity index (χ0) is 93.3. The number of hydrogen-bond donors (Lipinski definition) is 12. The number of hydrogen-bond acceptors (Lipinski definition) is 22. The molecule has 12 N–H and O–H groups in total. The van der Waals surface area contributed by atoms with Crippen LogP contribution in [0, 0.1) is 13.8 Å². The second-order valence-electron chi connectivity index (χ2n) is 31.4. The molecule has 0 saturated heterocycles. The van der Waals surface area contributed by atoms with Gasteiger partial charge in [0.2, 0.25) is 35.4 Å². The third-order valence-corrected chi connectivity index (χ3v) is 21.0. The van der Waals surface area contributed by atoms with Gasteiger partial charge in [-0.15, -0.1) is 0 Å². The highest BCUT2D eigenvalue weighted by atomic mass is 16.6. The maximum Gasteiger partial charge on any atom is 0.407 e. The quantitative estimate of drug-likeness (QED) is 0.0158. The summed E-state index contributed by atoms with van der Waals surface area (Å²) >= 11 is 0. The number of alkyl carbamates (subject to hydrolysis) is 2. The molecule has 8 amide bonds. The first-order chi connectivity index (χ1) is 64.2. The van der Waals surface area contributed by atoms with Gasteiger partial charge in [0, 0.05) is 77.3 Å². The summed E-state index contributed by atoms with van der Waals surface area (Å²) in [4.78, 5) is 138. The molecule has 0 radical (unpaired) electrons. The Labute approximate surface area is 767 Å². The third-order valence-electron chi connectivity index (χ3n) is 21.0. The van der Waals surface area contributed by atoms with Gasteiger partial charge in [0.25, 0.3) is 0 Å². The monoisotopic (exact) mass is 1810 g/mol. The molecule has 2 heterocycles. The molecule has 132 heavy (non-hydrogen) atoms. The SMILES string of the molecule is Cc1ccnc(NCCCC(=O)NC(COCc2ccc(CNC(=O)CCOCCOCCOC(=O)NCCCCNC(=O)OCCOCCOCCC(=O)NCc3ccc(COCC(NC(=O)CCCNc4cc(C)ccn4)C(=O)NC(CC(=O)O)c4ccc(-c5cccc6ccccc56)cc4)cc3)cc2)C(=O)NC(CC(=O)O)c2ccc(-c3cccc4ccccc34)cc2)c1. The van der Waals surface area contributed by atoms with Gasteiger partial charge in [0.15, 0.2) is 0 Å². The average Bonchev–Trinajstić information content (AvgIpc) is 0.804. The third kappa shape index (κ3) is 36.6. The lowest BCUT2D eigenvalue weighted by atomic mass is 9.95. The Morgan fingerprint density at radius 1 is 0.348 bits per heavy atom. The average molecular weight is 1810 g/mol. The Kier molecular flexibility index (Phi) is 42.6. The van der Waals surface area contributed by atoms with Crippen LogP contribution in [0.25, 0.3) is 43.8 Å². The van der Waals surface area contributed by atoms with Crippen LogP contribution in [0.5, 0.6) is 0 Å². The molecule has 0 aliphatic carbocycles. The summed E-state index contributed by atoms with van der Waals surface area (Å²) in [6.45, 7) is 7.16. The molecule has 0 saturated carbocycles. The highest BCUT2D eigenvalue weighted by Gasteiger charge is 2.29. The molecule has 0 fully saturated rings. The number of aromatic nitrogens is 2. The van der Waals surface area contributed by atoms with Gasteiger partial charge in [-0.25, -0.2) is 19.6 Å².